The van der Waals surface area contributed by atoms with Crippen molar-refractivity contribution in [2.45, 2.75) is 31.5 Å². The number of ether oxygens (including phenoxy) is 1. The maximum Gasteiger partial charge on any atom is 0.200 e. The van der Waals surface area contributed by atoms with Crippen LogP contribution in [0.3, 0.4) is 0 Å². The lowest BCUT2D eigenvalue weighted by atomic mass is 9.86. The lowest BCUT2D eigenvalue weighted by molar-refractivity contribution is -0.187. The van der Waals surface area contributed by atoms with Gasteiger partial charge in [-0.05, 0) is 30.9 Å². The summed E-state index contributed by atoms with van der Waals surface area (Å²) >= 11 is 0. The van der Waals surface area contributed by atoms with Gasteiger partial charge in [0.1, 0.15) is 0 Å². The van der Waals surface area contributed by atoms with Crippen molar-refractivity contribution < 1.29 is 23.7 Å². The number of halogens is 2. The van der Waals surface area contributed by atoms with E-state index in [-0.39, 0.29) is 31.1 Å². The molecule has 1 saturated carbocycles. The van der Waals surface area contributed by atoms with Gasteiger partial charge in [-0.3, -0.25) is 0 Å². The molecule has 0 aromatic heterocycles. The largest absolute Gasteiger partial charge is 0.490 e. The molecule has 0 radical (unpaired) electrons. The number of hydrogen-bond acceptors (Lipinski definition) is 3. The van der Waals surface area contributed by atoms with E-state index in [1.165, 1.54) is 12.1 Å². The van der Waals surface area contributed by atoms with Gasteiger partial charge in [-0.2, -0.15) is 4.39 Å². The molecule has 3 nitrogen and oxygen atoms in total. The predicted molar refractivity (Wildman–Crippen MR) is 61.0 cm³/mol. The van der Waals surface area contributed by atoms with Gasteiger partial charge >= 0.3 is 0 Å². The summed E-state index contributed by atoms with van der Waals surface area (Å²) in [4.78, 5) is 0. The van der Waals surface area contributed by atoms with Gasteiger partial charge < -0.3 is 14.9 Å². The van der Waals surface area contributed by atoms with Crippen molar-refractivity contribution in [3.63, 3.8) is 0 Å². The minimum atomic E-state index is -1.58. The van der Waals surface area contributed by atoms with Gasteiger partial charge in [-0.1, -0.05) is 6.07 Å². The zero-order valence-corrected chi connectivity index (χ0v) is 9.90. The molecule has 0 spiro atoms. The van der Waals surface area contributed by atoms with Crippen LogP contribution in [0.2, 0.25) is 0 Å². The molecule has 2 N–H and O–H groups in total. The van der Waals surface area contributed by atoms with Gasteiger partial charge in [0.05, 0.1) is 6.61 Å². The van der Waals surface area contributed by atoms with E-state index in [0.29, 0.717) is 12.8 Å². The molecule has 0 heterocycles. The van der Waals surface area contributed by atoms with Gasteiger partial charge in [0, 0.05) is 12.8 Å². The predicted octanol–water partition coefficient (Wildman–Crippen LogP) is 2.21. The van der Waals surface area contributed by atoms with Crippen LogP contribution >= 0.6 is 0 Å². The third-order valence-corrected chi connectivity index (χ3v) is 3.30. The lowest BCUT2D eigenvalue weighted by Gasteiger charge is -2.31. The van der Waals surface area contributed by atoms with Crippen LogP contribution < -0.4 is 4.74 Å². The molecular weight excluding hydrogens is 242 g/mol. The summed E-state index contributed by atoms with van der Waals surface area (Å²) in [5.41, 5.74) is 0. The third-order valence-electron chi connectivity index (χ3n) is 3.30. The standard InChI is InChI=1S/C13H16F2O3/c14-10-2-1-3-11(12(10)15)18-8-9-4-6-13(16,17)7-5-9/h1-3,9,16-17H,4-8H2. The minimum absolute atomic E-state index is 0.0974. The molecule has 0 unspecified atom stereocenters. The van der Waals surface area contributed by atoms with Crippen molar-refractivity contribution in [2.75, 3.05) is 6.61 Å². The Labute approximate surface area is 104 Å². The average molecular weight is 258 g/mol. The third kappa shape index (κ3) is 3.17. The highest BCUT2D eigenvalue weighted by atomic mass is 19.2. The van der Waals surface area contributed by atoms with E-state index in [1.54, 1.807) is 0 Å². The SMILES string of the molecule is OC1(O)CCC(COc2cccc(F)c2F)CC1. The molecule has 1 aromatic carbocycles. The second-order valence-electron chi connectivity index (χ2n) is 4.79. The average Bonchev–Trinajstić information content (AvgIpc) is 2.33. The van der Waals surface area contributed by atoms with Crippen LogP contribution in [0.4, 0.5) is 8.78 Å². The number of benzene rings is 1. The maximum absolute atomic E-state index is 13.3. The lowest BCUT2D eigenvalue weighted by Crippen LogP contribution is -2.34. The highest BCUT2D eigenvalue weighted by Gasteiger charge is 2.31. The summed E-state index contributed by atoms with van der Waals surface area (Å²) < 4.78 is 31.5. The molecule has 0 atom stereocenters. The zero-order valence-electron chi connectivity index (χ0n) is 9.90. The van der Waals surface area contributed by atoms with E-state index in [2.05, 4.69) is 0 Å². The Kier molecular flexibility index (Phi) is 3.82. The summed E-state index contributed by atoms with van der Waals surface area (Å²) in [5, 5.41) is 18.7. The summed E-state index contributed by atoms with van der Waals surface area (Å²) in [6, 6.07) is 3.80. The smallest absolute Gasteiger partial charge is 0.200 e. The summed E-state index contributed by atoms with van der Waals surface area (Å²) in [6.45, 7) is 0.260. The molecule has 5 heteroatoms. The van der Waals surface area contributed by atoms with Crippen molar-refractivity contribution in [1.82, 2.24) is 0 Å². The van der Waals surface area contributed by atoms with Crippen LogP contribution in [-0.2, 0) is 0 Å². The fourth-order valence-corrected chi connectivity index (χ4v) is 2.11. The summed E-state index contributed by atoms with van der Waals surface area (Å²) in [5.74, 6) is -3.45. The first-order chi connectivity index (χ1) is 8.48. The Morgan fingerprint density at radius 1 is 1.22 bits per heavy atom. The Morgan fingerprint density at radius 2 is 1.89 bits per heavy atom. The van der Waals surface area contributed by atoms with Crippen molar-refractivity contribution in [3.05, 3.63) is 29.8 Å². The molecule has 18 heavy (non-hydrogen) atoms. The summed E-state index contributed by atoms with van der Waals surface area (Å²) in [6.07, 6.45) is 1.77. The van der Waals surface area contributed by atoms with Crippen molar-refractivity contribution in [2.24, 2.45) is 5.92 Å². The first kappa shape index (κ1) is 13.2. The van der Waals surface area contributed by atoms with Gasteiger partial charge in [-0.15, -0.1) is 0 Å². The topological polar surface area (TPSA) is 49.7 Å². The number of aliphatic hydroxyl groups is 2. The first-order valence-electron chi connectivity index (χ1n) is 5.99. The molecule has 0 amide bonds. The van der Waals surface area contributed by atoms with Crippen molar-refractivity contribution in [3.8, 4) is 5.75 Å². The Bertz CT molecular complexity index is 411. The van der Waals surface area contributed by atoms with E-state index in [4.69, 9.17) is 4.74 Å². The van der Waals surface area contributed by atoms with E-state index in [1.807, 2.05) is 0 Å². The van der Waals surface area contributed by atoms with Gasteiger partial charge in [0.2, 0.25) is 5.82 Å². The van der Waals surface area contributed by atoms with E-state index in [9.17, 15) is 19.0 Å². The Hall–Kier alpha value is -1.20. The molecule has 100 valence electrons. The van der Waals surface area contributed by atoms with Crippen molar-refractivity contribution >= 4 is 0 Å². The Morgan fingerprint density at radius 3 is 2.56 bits per heavy atom. The molecule has 2 rings (SSSR count). The van der Waals surface area contributed by atoms with Crippen LogP contribution in [0.5, 0.6) is 5.75 Å². The van der Waals surface area contributed by atoms with Gasteiger partial charge in [0.25, 0.3) is 0 Å². The highest BCUT2D eigenvalue weighted by molar-refractivity contribution is 5.25. The number of rotatable bonds is 3. The zero-order chi connectivity index (χ0) is 13.2. The van der Waals surface area contributed by atoms with Crippen LogP contribution in [-0.4, -0.2) is 22.6 Å². The van der Waals surface area contributed by atoms with E-state index in [0.717, 1.165) is 6.07 Å². The highest BCUT2D eigenvalue weighted by Crippen LogP contribution is 2.31. The normalized spacial score (nSPS) is 19.8. The first-order valence-corrected chi connectivity index (χ1v) is 5.99. The van der Waals surface area contributed by atoms with E-state index < -0.39 is 17.4 Å². The van der Waals surface area contributed by atoms with Crippen LogP contribution in [0, 0.1) is 17.6 Å². The molecule has 0 bridgehead atoms. The van der Waals surface area contributed by atoms with Gasteiger partial charge in [-0.25, -0.2) is 4.39 Å². The fraction of sp³-hybridized carbons (Fsp3) is 0.538. The molecule has 0 saturated heterocycles. The molecule has 1 fully saturated rings. The monoisotopic (exact) mass is 258 g/mol. The van der Waals surface area contributed by atoms with Crippen molar-refractivity contribution in [1.29, 1.82) is 0 Å². The summed E-state index contributed by atoms with van der Waals surface area (Å²) in [7, 11) is 0. The molecule has 0 aliphatic heterocycles. The number of hydrogen-bond donors (Lipinski definition) is 2. The second kappa shape index (κ2) is 5.20. The van der Waals surface area contributed by atoms with Crippen LogP contribution in [0.1, 0.15) is 25.7 Å². The van der Waals surface area contributed by atoms with Crippen LogP contribution in [0.15, 0.2) is 18.2 Å². The molecule has 1 aliphatic rings. The minimum Gasteiger partial charge on any atom is -0.490 e. The quantitative estimate of drug-likeness (QED) is 0.817. The second-order valence-corrected chi connectivity index (χ2v) is 4.79. The fourth-order valence-electron chi connectivity index (χ4n) is 2.11. The van der Waals surface area contributed by atoms with E-state index >= 15 is 0 Å². The molecule has 1 aromatic rings. The Balaban J connectivity index is 1.87. The van der Waals surface area contributed by atoms with Gasteiger partial charge in [0.15, 0.2) is 17.4 Å². The van der Waals surface area contributed by atoms with Crippen LogP contribution in [0.25, 0.3) is 0 Å². The maximum atomic E-state index is 13.3. The molecular formula is C13H16F2O3. The molecule has 1 aliphatic carbocycles.